The molecule has 0 unspecified atom stereocenters. The summed E-state index contributed by atoms with van der Waals surface area (Å²) in [5, 5.41) is 3.79. The molecule has 2 heterocycles. The number of nitrogens with zero attached hydrogens (tertiary/aromatic N) is 2. The number of benzene rings is 1. The monoisotopic (exact) mass is 433 g/mol. The highest BCUT2D eigenvalue weighted by atomic mass is 35.5. The molecule has 7 nitrogen and oxygen atoms in total. The number of aromatic nitrogens is 2. The average Bonchev–Trinajstić information content (AvgIpc) is 3.28. The number of rotatable bonds is 6. The summed E-state index contributed by atoms with van der Waals surface area (Å²) in [6.07, 6.45) is 2.70. The summed E-state index contributed by atoms with van der Waals surface area (Å²) in [6.45, 7) is 0.574. The van der Waals surface area contributed by atoms with Gasteiger partial charge in [-0.25, -0.2) is 9.36 Å². The van der Waals surface area contributed by atoms with Crippen molar-refractivity contribution in [3.8, 4) is 5.69 Å². The Labute approximate surface area is 175 Å². The molecule has 0 saturated carbocycles. The molecule has 3 aromatic rings. The number of carbonyl (C=O) groups is 1. The van der Waals surface area contributed by atoms with Gasteiger partial charge >= 0.3 is 5.69 Å². The molecule has 0 fully saturated rings. The van der Waals surface area contributed by atoms with E-state index in [1.807, 2.05) is 0 Å². The van der Waals surface area contributed by atoms with E-state index in [4.69, 9.17) is 16.3 Å². The predicted molar refractivity (Wildman–Crippen MR) is 114 cm³/mol. The van der Waals surface area contributed by atoms with Crippen molar-refractivity contribution in [3.05, 3.63) is 60.6 Å². The first-order chi connectivity index (χ1) is 14.0. The second kappa shape index (κ2) is 8.14. The zero-order valence-electron chi connectivity index (χ0n) is 15.9. The number of hydrogen-bond donors (Lipinski definition) is 1. The van der Waals surface area contributed by atoms with Gasteiger partial charge in [0.2, 0.25) is 5.91 Å². The van der Waals surface area contributed by atoms with Crippen LogP contribution in [0.3, 0.4) is 0 Å². The van der Waals surface area contributed by atoms with Crippen LogP contribution in [0.15, 0.2) is 33.9 Å². The van der Waals surface area contributed by atoms with Gasteiger partial charge in [-0.3, -0.25) is 14.2 Å². The van der Waals surface area contributed by atoms with Gasteiger partial charge in [-0.1, -0.05) is 11.6 Å². The molecule has 9 heteroatoms. The van der Waals surface area contributed by atoms with E-state index in [2.05, 4.69) is 5.32 Å². The fourth-order valence-electron chi connectivity index (χ4n) is 3.66. The Kier molecular flexibility index (Phi) is 5.58. The summed E-state index contributed by atoms with van der Waals surface area (Å²) in [7, 11) is 1.55. The van der Waals surface area contributed by atoms with Crippen LogP contribution in [0.1, 0.15) is 16.9 Å². The maximum Gasteiger partial charge on any atom is 0.337 e. The van der Waals surface area contributed by atoms with Gasteiger partial charge in [0, 0.05) is 23.6 Å². The lowest BCUT2D eigenvalue weighted by atomic mass is 10.2. The third kappa shape index (κ3) is 3.63. The Morgan fingerprint density at radius 3 is 2.72 bits per heavy atom. The molecule has 0 radical (unpaired) electrons. The molecule has 0 atom stereocenters. The predicted octanol–water partition coefficient (Wildman–Crippen LogP) is 2.12. The van der Waals surface area contributed by atoms with Gasteiger partial charge in [-0.15, -0.1) is 11.3 Å². The highest BCUT2D eigenvalue weighted by molar-refractivity contribution is 7.19. The van der Waals surface area contributed by atoms with Gasteiger partial charge in [0.25, 0.3) is 5.56 Å². The van der Waals surface area contributed by atoms with Crippen molar-refractivity contribution >= 4 is 39.1 Å². The van der Waals surface area contributed by atoms with E-state index < -0.39 is 5.69 Å². The fourth-order valence-corrected chi connectivity index (χ4v) is 5.15. The first-order valence-corrected chi connectivity index (χ1v) is 10.5. The lowest BCUT2D eigenvalue weighted by Crippen LogP contribution is -2.42. The summed E-state index contributed by atoms with van der Waals surface area (Å²) >= 11 is 7.40. The standard InChI is InChI=1S/C20H20ClN3O4S/c1-28-10-9-22-16(25)11-23-19-17(14-3-2-4-15(14)29-19)18(26)24(20(23)27)13-7-5-12(21)6-8-13/h5-8H,2-4,9-11H2,1H3,(H,22,25). The summed E-state index contributed by atoms with van der Waals surface area (Å²) in [5.74, 6) is -0.305. The van der Waals surface area contributed by atoms with Crippen LogP contribution in [0.5, 0.6) is 0 Å². The summed E-state index contributed by atoms with van der Waals surface area (Å²) in [6, 6.07) is 6.53. The topological polar surface area (TPSA) is 82.3 Å². The summed E-state index contributed by atoms with van der Waals surface area (Å²) in [5.41, 5.74) is 0.554. The Morgan fingerprint density at radius 1 is 1.24 bits per heavy atom. The zero-order chi connectivity index (χ0) is 20.5. The highest BCUT2D eigenvalue weighted by Crippen LogP contribution is 2.35. The Balaban J connectivity index is 1.90. The van der Waals surface area contributed by atoms with Crippen LogP contribution in [0.2, 0.25) is 5.02 Å². The minimum Gasteiger partial charge on any atom is -0.383 e. The lowest BCUT2D eigenvalue weighted by molar-refractivity contribution is -0.121. The van der Waals surface area contributed by atoms with E-state index in [1.165, 1.54) is 15.9 Å². The van der Waals surface area contributed by atoms with E-state index in [9.17, 15) is 14.4 Å². The summed E-state index contributed by atoms with van der Waals surface area (Å²) in [4.78, 5) is 40.7. The molecule has 1 N–H and O–H groups in total. The van der Waals surface area contributed by atoms with Crippen molar-refractivity contribution in [2.75, 3.05) is 20.3 Å². The molecule has 1 aromatic carbocycles. The quantitative estimate of drug-likeness (QED) is 0.604. The molecule has 0 aliphatic heterocycles. The summed E-state index contributed by atoms with van der Waals surface area (Å²) < 4.78 is 7.47. The molecule has 2 aromatic heterocycles. The lowest BCUT2D eigenvalue weighted by Gasteiger charge is -2.13. The fraction of sp³-hybridized carbons (Fsp3) is 0.350. The number of hydrogen-bond acceptors (Lipinski definition) is 5. The SMILES string of the molecule is COCCNC(=O)Cn1c(=O)n(-c2ccc(Cl)cc2)c(=O)c2c3c(sc21)CCC3. The Bertz CT molecular complexity index is 1190. The van der Waals surface area contributed by atoms with Crippen molar-refractivity contribution in [2.24, 2.45) is 0 Å². The molecule has 4 rings (SSSR count). The second-order valence-electron chi connectivity index (χ2n) is 6.87. The van der Waals surface area contributed by atoms with Gasteiger partial charge in [-0.2, -0.15) is 0 Å². The van der Waals surface area contributed by atoms with Crippen LogP contribution in [0, 0.1) is 0 Å². The van der Waals surface area contributed by atoms with E-state index >= 15 is 0 Å². The number of amides is 1. The average molecular weight is 434 g/mol. The van der Waals surface area contributed by atoms with Gasteiger partial charge in [0.05, 0.1) is 17.7 Å². The van der Waals surface area contributed by atoms with Gasteiger partial charge < -0.3 is 10.1 Å². The molecule has 0 spiro atoms. The molecule has 152 valence electrons. The van der Waals surface area contributed by atoms with Crippen molar-refractivity contribution in [1.82, 2.24) is 14.5 Å². The smallest absolute Gasteiger partial charge is 0.337 e. The number of methoxy groups -OCH3 is 1. The molecular weight excluding hydrogens is 414 g/mol. The van der Waals surface area contributed by atoms with Crippen molar-refractivity contribution in [3.63, 3.8) is 0 Å². The van der Waals surface area contributed by atoms with E-state index in [-0.39, 0.29) is 18.0 Å². The minimum atomic E-state index is -0.536. The molecular formula is C20H20ClN3O4S. The normalized spacial score (nSPS) is 13.0. The van der Waals surface area contributed by atoms with Crippen molar-refractivity contribution < 1.29 is 9.53 Å². The molecule has 0 saturated heterocycles. The number of ether oxygens (including phenoxy) is 1. The van der Waals surface area contributed by atoms with E-state index in [0.29, 0.717) is 34.1 Å². The van der Waals surface area contributed by atoms with E-state index in [0.717, 1.165) is 34.3 Å². The molecule has 1 amide bonds. The first-order valence-electron chi connectivity index (χ1n) is 9.33. The number of nitrogens with one attached hydrogen (secondary N) is 1. The van der Waals surface area contributed by atoms with Crippen LogP contribution in [-0.4, -0.2) is 35.3 Å². The largest absolute Gasteiger partial charge is 0.383 e. The number of thiophene rings is 1. The molecule has 29 heavy (non-hydrogen) atoms. The maximum absolute atomic E-state index is 13.3. The van der Waals surface area contributed by atoms with Crippen molar-refractivity contribution in [2.45, 2.75) is 25.8 Å². The van der Waals surface area contributed by atoms with Crippen molar-refractivity contribution in [1.29, 1.82) is 0 Å². The van der Waals surface area contributed by atoms with Crippen LogP contribution < -0.4 is 16.6 Å². The number of fused-ring (bicyclic) bond motifs is 3. The zero-order valence-corrected chi connectivity index (χ0v) is 17.4. The van der Waals surface area contributed by atoms with Gasteiger partial charge in [-0.05, 0) is 49.1 Å². The van der Waals surface area contributed by atoms with Crippen LogP contribution in [0.4, 0.5) is 0 Å². The number of carbonyl (C=O) groups excluding carboxylic acids is 1. The third-order valence-electron chi connectivity index (χ3n) is 5.00. The molecule has 1 aliphatic rings. The Hall–Kier alpha value is -2.42. The van der Waals surface area contributed by atoms with Crippen LogP contribution in [-0.2, 0) is 28.9 Å². The minimum absolute atomic E-state index is 0.160. The van der Waals surface area contributed by atoms with Crippen LogP contribution in [0.25, 0.3) is 15.9 Å². The number of aryl methyl sites for hydroxylation is 2. The Morgan fingerprint density at radius 2 is 2.00 bits per heavy atom. The van der Waals surface area contributed by atoms with Gasteiger partial charge in [0.1, 0.15) is 11.4 Å². The van der Waals surface area contributed by atoms with E-state index in [1.54, 1.807) is 31.4 Å². The third-order valence-corrected chi connectivity index (χ3v) is 6.57. The van der Waals surface area contributed by atoms with Gasteiger partial charge in [0.15, 0.2) is 0 Å². The molecule has 0 bridgehead atoms. The second-order valence-corrected chi connectivity index (χ2v) is 8.39. The first kappa shape index (κ1) is 19.9. The van der Waals surface area contributed by atoms with Crippen LogP contribution >= 0.6 is 22.9 Å². The highest BCUT2D eigenvalue weighted by Gasteiger charge is 2.25. The number of halogens is 1. The molecule has 1 aliphatic carbocycles. The maximum atomic E-state index is 13.3.